The van der Waals surface area contributed by atoms with Gasteiger partial charge in [-0.1, -0.05) is 5.16 Å². The van der Waals surface area contributed by atoms with Crippen molar-refractivity contribution in [2.45, 2.75) is 5.37 Å². The Hall–Kier alpha value is -0.880. The van der Waals surface area contributed by atoms with Gasteiger partial charge in [0.05, 0.1) is 5.56 Å². The number of hydrogen-bond donors (Lipinski definition) is 1. The summed E-state index contributed by atoms with van der Waals surface area (Å²) in [7, 11) is -3.28. The number of rotatable bonds is 2. The number of nitrogens with zero attached hydrogens (tertiary/aromatic N) is 1. The Morgan fingerprint density at radius 2 is 2.45 bits per heavy atom. The van der Waals surface area contributed by atoms with Gasteiger partial charge in [0.25, 0.3) is 0 Å². The third kappa shape index (κ3) is 1.78. The van der Waals surface area contributed by atoms with Gasteiger partial charge in [-0.15, -0.1) is 0 Å². The van der Waals surface area contributed by atoms with Crippen LogP contribution in [0, 0.1) is 6.20 Å². The van der Waals surface area contributed by atoms with Crippen molar-refractivity contribution < 1.29 is 12.9 Å². The van der Waals surface area contributed by atoms with Crippen LogP contribution in [0.3, 0.4) is 0 Å². The zero-order valence-electron chi connectivity index (χ0n) is 5.81. The lowest BCUT2D eigenvalue weighted by atomic mass is 10.4. The summed E-state index contributed by atoms with van der Waals surface area (Å²) >= 11 is 0. The van der Waals surface area contributed by atoms with Gasteiger partial charge in [-0.25, -0.2) is 8.42 Å². The molecule has 1 rings (SSSR count). The van der Waals surface area contributed by atoms with Crippen molar-refractivity contribution in [1.82, 2.24) is 5.16 Å². The fourth-order valence-electron chi connectivity index (χ4n) is 0.550. The summed E-state index contributed by atoms with van der Waals surface area (Å²) < 4.78 is 26.0. The molecule has 1 radical (unpaired) electrons. The summed E-state index contributed by atoms with van der Waals surface area (Å²) in [6.45, 7) is 0. The lowest BCUT2D eigenvalue weighted by Crippen LogP contribution is -2.19. The van der Waals surface area contributed by atoms with Gasteiger partial charge in [-0.3, -0.25) is 0 Å². The van der Waals surface area contributed by atoms with Gasteiger partial charge in [0.1, 0.15) is 17.8 Å². The first-order valence-electron chi connectivity index (χ1n) is 2.78. The summed E-state index contributed by atoms with van der Waals surface area (Å²) in [5.41, 5.74) is 5.54. The number of aromatic nitrogens is 1. The van der Waals surface area contributed by atoms with Gasteiger partial charge in [0, 0.05) is 6.26 Å². The Morgan fingerprint density at radius 3 is 2.82 bits per heavy atom. The van der Waals surface area contributed by atoms with E-state index in [1.807, 2.05) is 0 Å². The molecule has 0 aliphatic rings. The molecule has 1 unspecified atom stereocenters. The molecule has 0 fully saturated rings. The van der Waals surface area contributed by atoms with Crippen LogP contribution in [0.1, 0.15) is 10.9 Å². The van der Waals surface area contributed by atoms with Crippen molar-refractivity contribution in [3.8, 4) is 0 Å². The van der Waals surface area contributed by atoms with E-state index in [0.717, 1.165) is 12.5 Å². The van der Waals surface area contributed by atoms with Gasteiger partial charge < -0.3 is 10.3 Å². The molecule has 1 atom stereocenters. The van der Waals surface area contributed by atoms with Crippen LogP contribution >= 0.6 is 0 Å². The molecule has 0 spiro atoms. The summed E-state index contributed by atoms with van der Waals surface area (Å²) in [5.74, 6) is 0. The minimum Gasteiger partial charge on any atom is -0.364 e. The normalized spacial score (nSPS) is 14.7. The molecule has 0 saturated carbocycles. The zero-order chi connectivity index (χ0) is 8.48. The fourth-order valence-corrected chi connectivity index (χ4v) is 1.12. The first-order valence-corrected chi connectivity index (χ1v) is 4.73. The Bertz CT molecular complexity index is 316. The Balaban J connectivity index is 2.97. The molecule has 0 aliphatic heterocycles. The maximum atomic E-state index is 10.8. The van der Waals surface area contributed by atoms with E-state index in [1.165, 1.54) is 0 Å². The van der Waals surface area contributed by atoms with E-state index in [1.54, 1.807) is 0 Å². The molecule has 0 aromatic carbocycles. The highest BCUT2D eigenvalue weighted by Crippen LogP contribution is 2.13. The van der Waals surface area contributed by atoms with Gasteiger partial charge >= 0.3 is 0 Å². The van der Waals surface area contributed by atoms with E-state index in [-0.39, 0.29) is 5.56 Å². The topological polar surface area (TPSA) is 86.2 Å². The molecular formula is C5H7N2O3S. The SMILES string of the molecule is CS(=O)(=O)C(N)c1[c]noc1. The van der Waals surface area contributed by atoms with E-state index in [4.69, 9.17) is 5.73 Å². The van der Waals surface area contributed by atoms with Gasteiger partial charge in [0.2, 0.25) is 0 Å². The summed E-state index contributed by atoms with van der Waals surface area (Å²) in [5, 5.41) is 2.12. The molecule has 1 heterocycles. The molecule has 0 aliphatic carbocycles. The number of hydrogen-bond acceptors (Lipinski definition) is 5. The molecule has 0 amide bonds. The average Bonchev–Trinajstić information content (AvgIpc) is 2.34. The summed E-state index contributed by atoms with van der Waals surface area (Å²) in [6.07, 6.45) is 4.52. The van der Waals surface area contributed by atoms with Crippen LogP contribution < -0.4 is 5.73 Å². The van der Waals surface area contributed by atoms with Crippen molar-refractivity contribution in [3.05, 3.63) is 18.0 Å². The highest BCUT2D eigenvalue weighted by atomic mass is 32.2. The molecule has 5 nitrogen and oxygen atoms in total. The third-order valence-electron chi connectivity index (χ3n) is 1.17. The van der Waals surface area contributed by atoms with Gasteiger partial charge in [-0.05, 0) is 0 Å². The van der Waals surface area contributed by atoms with Crippen LogP contribution in [0.4, 0.5) is 0 Å². The lowest BCUT2D eigenvalue weighted by Gasteiger charge is -2.03. The molecular weight excluding hydrogens is 168 g/mol. The third-order valence-corrected chi connectivity index (χ3v) is 2.35. The Labute approximate surface area is 64.1 Å². The van der Waals surface area contributed by atoms with Crippen LogP contribution in [-0.4, -0.2) is 19.8 Å². The Morgan fingerprint density at radius 1 is 1.82 bits per heavy atom. The second kappa shape index (κ2) is 2.63. The van der Waals surface area contributed by atoms with E-state index in [2.05, 4.69) is 15.9 Å². The van der Waals surface area contributed by atoms with Crippen molar-refractivity contribution in [2.24, 2.45) is 5.73 Å². The Kier molecular flexibility index (Phi) is 1.97. The molecule has 1 aromatic rings. The first-order chi connectivity index (χ1) is 5.02. The molecule has 0 bridgehead atoms. The predicted octanol–water partition coefficient (Wildman–Crippen LogP) is -0.523. The minimum absolute atomic E-state index is 0.243. The second-order valence-corrected chi connectivity index (χ2v) is 4.30. The number of nitrogens with two attached hydrogens (primary N) is 1. The molecule has 6 heteroatoms. The van der Waals surface area contributed by atoms with Gasteiger partial charge in [-0.2, -0.15) is 0 Å². The predicted molar refractivity (Wildman–Crippen MR) is 37.1 cm³/mol. The standard InChI is InChI=1S/C5H7N2O3S/c1-11(8,9)5(6)4-2-7-10-3-4/h3,5H,6H2,1H3. The summed E-state index contributed by atoms with van der Waals surface area (Å²) in [6, 6.07) is 0. The average molecular weight is 175 g/mol. The van der Waals surface area contributed by atoms with E-state index in [0.29, 0.717) is 0 Å². The van der Waals surface area contributed by atoms with Gasteiger partial charge in [0.15, 0.2) is 9.84 Å². The first kappa shape index (κ1) is 8.22. The highest BCUT2D eigenvalue weighted by molar-refractivity contribution is 7.90. The van der Waals surface area contributed by atoms with Crippen LogP contribution in [0.25, 0.3) is 0 Å². The minimum atomic E-state index is -3.28. The fraction of sp³-hybridized carbons (Fsp3) is 0.400. The van der Waals surface area contributed by atoms with E-state index >= 15 is 0 Å². The largest absolute Gasteiger partial charge is 0.364 e. The zero-order valence-corrected chi connectivity index (χ0v) is 6.63. The maximum Gasteiger partial charge on any atom is 0.167 e. The smallest absolute Gasteiger partial charge is 0.167 e. The van der Waals surface area contributed by atoms with E-state index < -0.39 is 15.2 Å². The molecule has 2 N–H and O–H groups in total. The highest BCUT2D eigenvalue weighted by Gasteiger charge is 2.19. The van der Waals surface area contributed by atoms with Crippen molar-refractivity contribution in [2.75, 3.05) is 6.26 Å². The number of sulfone groups is 1. The van der Waals surface area contributed by atoms with Crippen LogP contribution in [-0.2, 0) is 9.84 Å². The maximum absolute atomic E-state index is 10.8. The lowest BCUT2D eigenvalue weighted by molar-refractivity contribution is 0.417. The van der Waals surface area contributed by atoms with Crippen LogP contribution in [0.15, 0.2) is 10.8 Å². The van der Waals surface area contributed by atoms with Crippen LogP contribution in [0.5, 0.6) is 0 Å². The second-order valence-electron chi connectivity index (χ2n) is 2.13. The van der Waals surface area contributed by atoms with Crippen LogP contribution in [0.2, 0.25) is 0 Å². The molecule has 61 valence electrons. The molecule has 11 heavy (non-hydrogen) atoms. The summed E-state index contributed by atoms with van der Waals surface area (Å²) in [4.78, 5) is 0. The van der Waals surface area contributed by atoms with E-state index in [9.17, 15) is 8.42 Å². The quantitative estimate of drug-likeness (QED) is 0.653. The molecule has 1 aromatic heterocycles. The molecule has 0 saturated heterocycles. The van der Waals surface area contributed by atoms with Crippen molar-refractivity contribution in [1.29, 1.82) is 0 Å². The monoisotopic (exact) mass is 175 g/mol. The van der Waals surface area contributed by atoms with Crippen molar-refractivity contribution in [3.63, 3.8) is 0 Å². The van der Waals surface area contributed by atoms with Crippen molar-refractivity contribution >= 4 is 9.84 Å².